The number of methoxy groups -OCH3 is 1. The van der Waals surface area contributed by atoms with Gasteiger partial charge in [0.05, 0.1) is 7.11 Å². The minimum Gasteiger partial charge on any atom is -0.452 e. The topological polar surface area (TPSA) is 46.6 Å². The van der Waals surface area contributed by atoms with Crippen LogP contribution in [-0.2, 0) is 9.53 Å². The number of amides is 2. The Morgan fingerprint density at radius 3 is 2.38 bits per heavy atom. The predicted octanol–water partition coefficient (Wildman–Crippen LogP) is -0.248. The Kier molecular flexibility index (Phi) is 2.61. The lowest BCUT2D eigenvalue weighted by molar-refractivity contribution is 0.151. The number of nitrogens with zero attached hydrogens (tertiary/aromatic N) is 1. The van der Waals surface area contributed by atoms with E-state index < -0.39 is 6.09 Å². The van der Waals surface area contributed by atoms with Gasteiger partial charge in [0.15, 0.2) is 0 Å². The molecule has 4 nitrogen and oxygen atoms in total. The molecule has 0 bridgehead atoms. The van der Waals surface area contributed by atoms with E-state index in [0.717, 1.165) is 0 Å². The van der Waals surface area contributed by atoms with Gasteiger partial charge < -0.3 is 4.74 Å². The summed E-state index contributed by atoms with van der Waals surface area (Å²) >= 11 is 0. The standard InChI is InChI=1S/C4H6NO3/c1-5(3-6)4(7)8-2/h1-2H3. The summed E-state index contributed by atoms with van der Waals surface area (Å²) in [5.41, 5.74) is 0. The predicted molar refractivity (Wildman–Crippen MR) is 25.9 cm³/mol. The van der Waals surface area contributed by atoms with E-state index in [2.05, 4.69) is 4.74 Å². The van der Waals surface area contributed by atoms with Gasteiger partial charge in [-0.1, -0.05) is 0 Å². The van der Waals surface area contributed by atoms with Crippen LogP contribution < -0.4 is 0 Å². The molecule has 0 atom stereocenters. The number of rotatable bonds is 1. The number of ether oxygens (including phenoxy) is 1. The minimum absolute atomic E-state index is 0.681. The molecule has 0 fully saturated rings. The molecule has 0 spiro atoms. The van der Waals surface area contributed by atoms with E-state index in [1.54, 1.807) is 0 Å². The van der Waals surface area contributed by atoms with Crippen LogP contribution in [0.4, 0.5) is 4.79 Å². The highest BCUT2D eigenvalue weighted by molar-refractivity contribution is 5.79. The molecule has 2 amide bonds. The van der Waals surface area contributed by atoms with Crippen LogP contribution in [0, 0.1) is 0 Å². The van der Waals surface area contributed by atoms with Gasteiger partial charge in [-0.25, -0.2) is 9.69 Å². The van der Waals surface area contributed by atoms with E-state index >= 15 is 0 Å². The number of imide groups is 1. The normalized spacial score (nSPS) is 7.75. The summed E-state index contributed by atoms with van der Waals surface area (Å²) in [5, 5.41) is 0. The fraction of sp³-hybridized carbons (Fsp3) is 0.500. The number of hydrogen-bond donors (Lipinski definition) is 0. The smallest absolute Gasteiger partial charge is 0.416 e. The average molecular weight is 116 g/mol. The average Bonchev–Trinajstić information content (AvgIpc) is 1.84. The molecule has 0 saturated heterocycles. The Morgan fingerprint density at radius 2 is 2.25 bits per heavy atom. The Bertz CT molecular complexity index is 101. The molecule has 1 radical (unpaired) electrons. The molecule has 45 valence electrons. The molecule has 0 aliphatic carbocycles. The van der Waals surface area contributed by atoms with Crippen LogP contribution in [0.25, 0.3) is 0 Å². The third kappa shape index (κ3) is 1.59. The summed E-state index contributed by atoms with van der Waals surface area (Å²) in [4.78, 5) is 20.5. The van der Waals surface area contributed by atoms with Gasteiger partial charge in [-0.15, -0.1) is 0 Å². The zero-order valence-corrected chi connectivity index (χ0v) is 4.67. The van der Waals surface area contributed by atoms with Crippen molar-refractivity contribution >= 4 is 12.5 Å². The maximum absolute atomic E-state index is 10.2. The molecule has 0 aliphatic heterocycles. The summed E-state index contributed by atoms with van der Waals surface area (Å²) in [6, 6.07) is 0. The van der Waals surface area contributed by atoms with Gasteiger partial charge >= 0.3 is 12.5 Å². The first kappa shape index (κ1) is 6.94. The largest absolute Gasteiger partial charge is 0.452 e. The molecular formula is C4H6NO3. The minimum atomic E-state index is -0.708. The second-order valence-corrected chi connectivity index (χ2v) is 1.12. The molecule has 0 rings (SSSR count). The summed E-state index contributed by atoms with van der Waals surface area (Å²) in [5.74, 6) is 0. The highest BCUT2D eigenvalue weighted by atomic mass is 16.5. The van der Waals surface area contributed by atoms with Crippen molar-refractivity contribution in [3.8, 4) is 0 Å². The first-order valence-corrected chi connectivity index (χ1v) is 1.92. The summed E-state index contributed by atoms with van der Waals surface area (Å²) in [6.45, 7) is 0. The monoisotopic (exact) mass is 116 g/mol. The van der Waals surface area contributed by atoms with Crippen LogP contribution in [0.15, 0.2) is 0 Å². The molecule has 0 heterocycles. The molecule has 8 heavy (non-hydrogen) atoms. The second-order valence-electron chi connectivity index (χ2n) is 1.12. The molecule has 0 aromatic rings. The van der Waals surface area contributed by atoms with E-state index in [-0.39, 0.29) is 0 Å². The van der Waals surface area contributed by atoms with Gasteiger partial charge in [-0.2, -0.15) is 0 Å². The van der Waals surface area contributed by atoms with Gasteiger partial charge in [-0.3, -0.25) is 4.79 Å². The van der Waals surface area contributed by atoms with Crippen LogP contribution in [-0.4, -0.2) is 31.6 Å². The lowest BCUT2D eigenvalue weighted by Gasteiger charge is -2.02. The summed E-state index contributed by atoms with van der Waals surface area (Å²) < 4.78 is 4.13. The van der Waals surface area contributed by atoms with Crippen LogP contribution in [0.1, 0.15) is 0 Å². The Labute approximate surface area is 47.0 Å². The van der Waals surface area contributed by atoms with Gasteiger partial charge in [0.2, 0.25) is 0 Å². The fourth-order valence-corrected chi connectivity index (χ4v) is 0.174. The molecule has 0 aromatic heterocycles. The van der Waals surface area contributed by atoms with Crippen molar-refractivity contribution in [1.82, 2.24) is 4.90 Å². The van der Waals surface area contributed by atoms with E-state index in [4.69, 9.17) is 0 Å². The fourth-order valence-electron chi connectivity index (χ4n) is 0.174. The third-order valence-electron chi connectivity index (χ3n) is 0.585. The van der Waals surface area contributed by atoms with Crippen LogP contribution in [0.5, 0.6) is 0 Å². The van der Waals surface area contributed by atoms with Gasteiger partial charge in [0, 0.05) is 7.05 Å². The van der Waals surface area contributed by atoms with Crippen LogP contribution >= 0.6 is 0 Å². The highest BCUT2D eigenvalue weighted by Crippen LogP contribution is 1.79. The SMILES string of the molecule is COC(=O)N(C)[C]=O. The molecule has 0 aliphatic rings. The third-order valence-corrected chi connectivity index (χ3v) is 0.585. The van der Waals surface area contributed by atoms with Crippen LogP contribution in [0.2, 0.25) is 0 Å². The molecule has 0 saturated carbocycles. The highest BCUT2D eigenvalue weighted by Gasteiger charge is 2.04. The maximum atomic E-state index is 10.2. The van der Waals surface area contributed by atoms with E-state index in [9.17, 15) is 9.59 Å². The van der Waals surface area contributed by atoms with Gasteiger partial charge in [0.1, 0.15) is 0 Å². The van der Waals surface area contributed by atoms with Gasteiger partial charge in [-0.05, 0) is 0 Å². The first-order valence-electron chi connectivity index (χ1n) is 1.92. The van der Waals surface area contributed by atoms with Crippen molar-refractivity contribution in [2.75, 3.05) is 14.2 Å². The van der Waals surface area contributed by atoms with Crippen molar-refractivity contribution < 1.29 is 14.3 Å². The Balaban J connectivity index is 3.62. The molecule has 4 heteroatoms. The molecule has 0 unspecified atom stereocenters. The number of carbonyl (C=O) groups is 1. The molecular weight excluding hydrogens is 110 g/mol. The summed E-state index contributed by atoms with van der Waals surface area (Å²) in [6.07, 6.45) is 0.616. The van der Waals surface area contributed by atoms with Crippen molar-refractivity contribution in [2.24, 2.45) is 0 Å². The van der Waals surface area contributed by atoms with Gasteiger partial charge in [0.25, 0.3) is 0 Å². The zero-order valence-electron chi connectivity index (χ0n) is 4.67. The Morgan fingerprint density at radius 1 is 1.75 bits per heavy atom. The van der Waals surface area contributed by atoms with Crippen molar-refractivity contribution in [2.45, 2.75) is 0 Å². The lowest BCUT2D eigenvalue weighted by Crippen LogP contribution is -2.24. The van der Waals surface area contributed by atoms with Crippen molar-refractivity contribution in [3.05, 3.63) is 0 Å². The maximum Gasteiger partial charge on any atom is 0.416 e. The molecule has 0 N–H and O–H groups in total. The van der Waals surface area contributed by atoms with E-state index in [1.165, 1.54) is 20.6 Å². The van der Waals surface area contributed by atoms with E-state index in [1.807, 2.05) is 0 Å². The second kappa shape index (κ2) is 3.01. The number of hydrogen-bond acceptors (Lipinski definition) is 3. The lowest BCUT2D eigenvalue weighted by atomic mass is 10.9. The molecule has 0 aromatic carbocycles. The van der Waals surface area contributed by atoms with Crippen molar-refractivity contribution in [1.29, 1.82) is 0 Å². The number of carbonyl (C=O) groups excluding carboxylic acids is 2. The Hall–Kier alpha value is -1.06. The van der Waals surface area contributed by atoms with Crippen molar-refractivity contribution in [3.63, 3.8) is 0 Å². The van der Waals surface area contributed by atoms with E-state index in [0.29, 0.717) is 4.90 Å². The summed E-state index contributed by atoms with van der Waals surface area (Å²) in [7, 11) is 2.45. The first-order chi connectivity index (χ1) is 3.72. The zero-order chi connectivity index (χ0) is 6.57. The van der Waals surface area contributed by atoms with Crippen LogP contribution in [0.3, 0.4) is 0 Å². The quantitative estimate of drug-likeness (QED) is 0.444.